The molecule has 0 aliphatic carbocycles. The zero-order chi connectivity index (χ0) is 78.1. The molecule has 12 N–H and O–H groups in total. The highest BCUT2D eigenvalue weighted by Gasteiger charge is 2.54. The van der Waals surface area contributed by atoms with Crippen molar-refractivity contribution in [3.63, 3.8) is 0 Å². The second-order valence-electron chi connectivity index (χ2n) is 31.7. The molecule has 3 rings (SSSR count). The number of aliphatic hydroxyl groups excluding tert-OH is 11. The van der Waals surface area contributed by atoms with Gasteiger partial charge in [-0.2, -0.15) is 0 Å². The SMILES string of the molecule is CCCCCCC/C=C\C/C=C\C/C=C\CCCCCCCCCCCCCCCCCCCCCCCCC(=O)NC(COC1OC(CO)C(OC2OC(CO)C(OC3OC(CO)C(O)C(O)C3O)C(O)C2O)C(O)C1O)C(O)/C=C/CC/C=C/CCCCCCCCCCCCCCCCCCCCCC. The molecule has 0 saturated carbocycles. The minimum absolute atomic E-state index is 0.238. The van der Waals surface area contributed by atoms with Crippen molar-refractivity contribution in [2.75, 3.05) is 26.4 Å². The lowest BCUT2D eigenvalue weighted by Gasteiger charge is -2.48. The maximum atomic E-state index is 13.5. The van der Waals surface area contributed by atoms with E-state index in [-0.39, 0.29) is 18.9 Å². The van der Waals surface area contributed by atoms with Crippen molar-refractivity contribution in [1.82, 2.24) is 5.32 Å². The van der Waals surface area contributed by atoms with Crippen molar-refractivity contribution < 1.29 is 89.4 Å². The van der Waals surface area contributed by atoms with Crippen LogP contribution in [0.5, 0.6) is 0 Å². The fourth-order valence-corrected chi connectivity index (χ4v) is 14.9. The van der Waals surface area contributed by atoms with Gasteiger partial charge in [0.05, 0.1) is 38.6 Å². The van der Waals surface area contributed by atoms with Gasteiger partial charge in [-0.3, -0.25) is 4.79 Å². The summed E-state index contributed by atoms with van der Waals surface area (Å²) in [5.74, 6) is -0.279. The number of ether oxygens (including phenoxy) is 6. The van der Waals surface area contributed by atoms with E-state index in [0.717, 1.165) is 51.4 Å². The van der Waals surface area contributed by atoms with Crippen LogP contribution >= 0.6 is 0 Å². The maximum Gasteiger partial charge on any atom is 0.220 e. The fourth-order valence-electron chi connectivity index (χ4n) is 14.9. The van der Waals surface area contributed by atoms with Gasteiger partial charge < -0.3 is 89.9 Å². The molecular formula is C89H163NO18. The Morgan fingerprint density at radius 3 is 0.991 bits per heavy atom. The van der Waals surface area contributed by atoms with Gasteiger partial charge in [-0.25, -0.2) is 0 Å². The summed E-state index contributed by atoms with van der Waals surface area (Å²) < 4.78 is 34.5. The highest BCUT2D eigenvalue weighted by atomic mass is 16.8. The first-order chi connectivity index (χ1) is 52.8. The molecule has 1 amide bonds. The lowest BCUT2D eigenvalue weighted by atomic mass is 9.96. The lowest BCUT2D eigenvalue weighted by Crippen LogP contribution is -2.66. The van der Waals surface area contributed by atoms with Crippen LogP contribution < -0.4 is 5.32 Å². The summed E-state index contributed by atoms with van der Waals surface area (Å²) in [7, 11) is 0. The second kappa shape index (κ2) is 68.9. The third-order valence-corrected chi connectivity index (χ3v) is 22.0. The van der Waals surface area contributed by atoms with Crippen LogP contribution in [0.4, 0.5) is 0 Å². The minimum atomic E-state index is -1.98. The minimum Gasteiger partial charge on any atom is -0.394 e. The number of unbranched alkanes of at least 4 members (excludes halogenated alkanes) is 48. The Morgan fingerprint density at radius 1 is 0.333 bits per heavy atom. The van der Waals surface area contributed by atoms with E-state index in [1.165, 1.54) is 283 Å². The first-order valence-electron chi connectivity index (χ1n) is 44.5. The molecule has 0 radical (unpaired) electrons. The maximum absolute atomic E-state index is 13.5. The molecule has 632 valence electrons. The molecule has 19 nitrogen and oxygen atoms in total. The van der Waals surface area contributed by atoms with Gasteiger partial charge in [-0.05, 0) is 70.6 Å². The fraction of sp³-hybridized carbons (Fsp3) is 0.876. The molecule has 19 heteroatoms. The Labute approximate surface area is 656 Å². The van der Waals surface area contributed by atoms with Crippen LogP contribution in [0.3, 0.4) is 0 Å². The van der Waals surface area contributed by atoms with Gasteiger partial charge in [0, 0.05) is 6.42 Å². The van der Waals surface area contributed by atoms with E-state index in [0.29, 0.717) is 12.8 Å². The van der Waals surface area contributed by atoms with E-state index >= 15 is 0 Å². The third kappa shape index (κ3) is 47.4. The zero-order valence-electron chi connectivity index (χ0n) is 68.1. The lowest BCUT2D eigenvalue weighted by molar-refractivity contribution is -0.379. The summed E-state index contributed by atoms with van der Waals surface area (Å²) in [6.07, 6.45) is 63.8. The van der Waals surface area contributed by atoms with Crippen molar-refractivity contribution in [3.05, 3.63) is 60.8 Å². The molecule has 3 fully saturated rings. The third-order valence-electron chi connectivity index (χ3n) is 22.0. The first-order valence-corrected chi connectivity index (χ1v) is 44.5. The molecule has 3 aliphatic heterocycles. The van der Waals surface area contributed by atoms with E-state index in [1.807, 2.05) is 6.08 Å². The highest BCUT2D eigenvalue weighted by molar-refractivity contribution is 5.76. The molecular weight excluding hydrogens is 1370 g/mol. The number of carbonyl (C=O) groups excluding carboxylic acids is 1. The summed E-state index contributed by atoms with van der Waals surface area (Å²) in [5, 5.41) is 121. The molecule has 108 heavy (non-hydrogen) atoms. The van der Waals surface area contributed by atoms with Gasteiger partial charge >= 0.3 is 0 Å². The number of aliphatic hydroxyl groups is 11. The largest absolute Gasteiger partial charge is 0.394 e. The Kier molecular flexibility index (Phi) is 63.6. The molecule has 3 aliphatic rings. The number of carbonyl (C=O) groups is 1. The van der Waals surface area contributed by atoms with Crippen LogP contribution in [0.2, 0.25) is 0 Å². The van der Waals surface area contributed by atoms with Crippen molar-refractivity contribution >= 4 is 5.91 Å². The topological polar surface area (TPSA) is 307 Å². The second-order valence-corrected chi connectivity index (χ2v) is 31.7. The van der Waals surface area contributed by atoms with Crippen molar-refractivity contribution in [3.8, 4) is 0 Å². The summed E-state index contributed by atoms with van der Waals surface area (Å²) in [4.78, 5) is 13.5. The normalized spacial score (nSPS) is 25.7. The van der Waals surface area contributed by atoms with Gasteiger partial charge in [0.25, 0.3) is 0 Å². The molecule has 3 heterocycles. The van der Waals surface area contributed by atoms with E-state index in [4.69, 9.17) is 28.4 Å². The average Bonchev–Trinajstić information content (AvgIpc) is 0.779. The van der Waals surface area contributed by atoms with Gasteiger partial charge in [0.2, 0.25) is 5.91 Å². The summed E-state index contributed by atoms with van der Waals surface area (Å²) in [5.41, 5.74) is 0. The Balaban J connectivity index is 1.33. The Bertz CT molecular complexity index is 2180. The Hall–Kier alpha value is -2.51. The van der Waals surface area contributed by atoms with Crippen molar-refractivity contribution in [1.29, 1.82) is 0 Å². The van der Waals surface area contributed by atoms with Crippen LogP contribution in [-0.2, 0) is 33.2 Å². The van der Waals surface area contributed by atoms with Crippen molar-refractivity contribution in [2.45, 2.75) is 471 Å². The average molecular weight is 1540 g/mol. The summed E-state index contributed by atoms with van der Waals surface area (Å²) >= 11 is 0. The Morgan fingerprint density at radius 2 is 0.620 bits per heavy atom. The molecule has 17 unspecified atom stereocenters. The number of rotatable bonds is 72. The smallest absolute Gasteiger partial charge is 0.220 e. The standard InChI is InChI=1S/C89H163NO18/c1-3-5-7-9-11-13-15-17-19-21-23-25-27-29-31-32-33-34-35-36-37-38-39-40-41-43-45-47-49-51-53-55-57-59-61-63-65-67-77(95)90-72(73(94)66-64-62-60-58-56-54-52-50-48-46-44-42-30-28-26-24-22-20-18-16-14-12-10-8-6-4-2)71-103-87-83(101)80(98)85(75(69-92)105-87)108-89-84(102)81(99)86(76(70-93)106-89)107-88-82(100)79(97)78(96)74(68-91)104-88/h15,17,21,23,27,29,56,58,64,66,72-76,78-89,91-94,96-102H,3-14,16,18-20,22,24-26,28,30-55,57,59-63,65,67-71H2,1-2H3,(H,90,95)/b17-15-,23-21-,29-27-,58-56+,66-64+. The van der Waals surface area contributed by atoms with Crippen LogP contribution in [0.1, 0.15) is 367 Å². The van der Waals surface area contributed by atoms with Gasteiger partial charge in [-0.1, -0.05) is 351 Å². The molecule has 0 aromatic heterocycles. The molecule has 0 aromatic carbocycles. The molecule has 17 atom stereocenters. The number of allylic oxidation sites excluding steroid dienone is 9. The first kappa shape index (κ1) is 99.7. The van der Waals surface area contributed by atoms with E-state index in [2.05, 4.69) is 67.8 Å². The molecule has 0 spiro atoms. The zero-order valence-corrected chi connectivity index (χ0v) is 68.1. The number of hydrogen-bond donors (Lipinski definition) is 12. The van der Waals surface area contributed by atoms with E-state index in [9.17, 15) is 61.0 Å². The molecule has 3 saturated heterocycles. The number of hydrogen-bond acceptors (Lipinski definition) is 18. The van der Waals surface area contributed by atoms with E-state index < -0.39 is 124 Å². The van der Waals surface area contributed by atoms with Crippen LogP contribution in [-0.4, -0.2) is 193 Å². The molecule has 0 bridgehead atoms. The van der Waals surface area contributed by atoms with Gasteiger partial charge in [0.1, 0.15) is 73.2 Å². The van der Waals surface area contributed by atoms with Crippen LogP contribution in [0, 0.1) is 0 Å². The quantitative estimate of drug-likeness (QED) is 0.0199. The van der Waals surface area contributed by atoms with E-state index in [1.54, 1.807) is 6.08 Å². The highest BCUT2D eigenvalue weighted by Crippen LogP contribution is 2.33. The van der Waals surface area contributed by atoms with Crippen LogP contribution in [0.25, 0.3) is 0 Å². The van der Waals surface area contributed by atoms with Gasteiger partial charge in [-0.15, -0.1) is 0 Å². The predicted octanol–water partition coefficient (Wildman–Crippen LogP) is 16.6. The van der Waals surface area contributed by atoms with Gasteiger partial charge in [0.15, 0.2) is 18.9 Å². The van der Waals surface area contributed by atoms with Crippen molar-refractivity contribution in [2.24, 2.45) is 0 Å². The van der Waals surface area contributed by atoms with Crippen LogP contribution in [0.15, 0.2) is 60.8 Å². The monoisotopic (exact) mass is 1530 g/mol. The molecule has 0 aromatic rings. The summed E-state index contributed by atoms with van der Waals surface area (Å²) in [6, 6.07) is -0.992. The number of nitrogens with one attached hydrogen (secondary N) is 1. The predicted molar refractivity (Wildman–Crippen MR) is 434 cm³/mol. The number of amides is 1. The summed E-state index contributed by atoms with van der Waals surface area (Å²) in [6.45, 7) is 1.76.